The monoisotopic (exact) mass is 302 g/mol. The van der Waals surface area contributed by atoms with Gasteiger partial charge in [-0.3, -0.25) is 0 Å². The van der Waals surface area contributed by atoms with Crippen LogP contribution in [-0.4, -0.2) is 38.1 Å². The molecule has 1 N–H and O–H groups in total. The molecule has 21 heavy (non-hydrogen) atoms. The van der Waals surface area contributed by atoms with E-state index in [2.05, 4.69) is 15.3 Å². The highest BCUT2D eigenvalue weighted by molar-refractivity contribution is 7.16. The van der Waals surface area contributed by atoms with Gasteiger partial charge in [0.25, 0.3) is 0 Å². The molecule has 3 aromatic rings. The number of hydrogen-bond donors (Lipinski definition) is 1. The minimum absolute atomic E-state index is 0.278. The number of phenolic OH excluding ortho intramolecular Hbond substituents is 1. The average molecular weight is 302 g/mol. The van der Waals surface area contributed by atoms with Crippen molar-refractivity contribution in [1.82, 2.24) is 19.8 Å². The summed E-state index contributed by atoms with van der Waals surface area (Å²) in [6, 6.07) is 7.33. The zero-order valence-corrected chi connectivity index (χ0v) is 12.1. The van der Waals surface area contributed by atoms with Crippen LogP contribution in [0.4, 0.5) is 0 Å². The standard InChI is InChI=1S/C14H14N4O2S/c19-11-4-2-1-3-9(11)7-12-17-18-13(10-5-6-20-8-10)15-16-14(18)21-12/h1-4,10,19H,5-8H2. The molecule has 7 heteroatoms. The fourth-order valence-corrected chi connectivity index (χ4v) is 3.42. The molecule has 2 aromatic heterocycles. The maximum Gasteiger partial charge on any atom is 0.234 e. The van der Waals surface area contributed by atoms with Gasteiger partial charge < -0.3 is 9.84 Å². The third-order valence-electron chi connectivity index (χ3n) is 3.68. The van der Waals surface area contributed by atoms with Gasteiger partial charge in [0.1, 0.15) is 10.8 Å². The zero-order valence-electron chi connectivity index (χ0n) is 11.3. The number of aromatic hydroxyl groups is 1. The van der Waals surface area contributed by atoms with Crippen LogP contribution in [-0.2, 0) is 11.2 Å². The van der Waals surface area contributed by atoms with E-state index in [-0.39, 0.29) is 5.92 Å². The van der Waals surface area contributed by atoms with Gasteiger partial charge in [0.05, 0.1) is 6.61 Å². The summed E-state index contributed by atoms with van der Waals surface area (Å²) in [5.41, 5.74) is 0.869. The number of hydrogen-bond acceptors (Lipinski definition) is 6. The molecule has 1 fully saturated rings. The van der Waals surface area contributed by atoms with Gasteiger partial charge in [0, 0.05) is 24.5 Å². The van der Waals surface area contributed by atoms with Gasteiger partial charge >= 0.3 is 0 Å². The molecular formula is C14H14N4O2S. The van der Waals surface area contributed by atoms with Crippen LogP contribution >= 0.6 is 11.3 Å². The molecule has 108 valence electrons. The molecule has 3 heterocycles. The van der Waals surface area contributed by atoms with E-state index >= 15 is 0 Å². The molecule has 1 aliphatic rings. The average Bonchev–Trinajstić information content (AvgIpc) is 3.17. The van der Waals surface area contributed by atoms with Crippen molar-refractivity contribution >= 4 is 16.3 Å². The van der Waals surface area contributed by atoms with Crippen molar-refractivity contribution in [3.05, 3.63) is 40.7 Å². The molecule has 0 spiro atoms. The van der Waals surface area contributed by atoms with Crippen LogP contribution in [0, 0.1) is 0 Å². The van der Waals surface area contributed by atoms with Gasteiger partial charge in [-0.25, -0.2) is 0 Å². The molecule has 0 saturated carbocycles. The van der Waals surface area contributed by atoms with Gasteiger partial charge in [-0.1, -0.05) is 29.5 Å². The molecule has 0 bridgehead atoms. The first-order valence-electron chi connectivity index (χ1n) is 6.87. The van der Waals surface area contributed by atoms with Gasteiger partial charge in [0.2, 0.25) is 4.96 Å². The SMILES string of the molecule is Oc1ccccc1Cc1nn2c(C3CCOC3)nnc2s1. The Balaban J connectivity index is 1.66. The summed E-state index contributed by atoms with van der Waals surface area (Å²) in [7, 11) is 0. The first kappa shape index (κ1) is 12.7. The Bertz CT molecular complexity index is 776. The van der Waals surface area contributed by atoms with Crippen LogP contribution in [0.25, 0.3) is 4.96 Å². The second kappa shape index (κ2) is 5.09. The summed E-state index contributed by atoms with van der Waals surface area (Å²) < 4.78 is 7.23. The molecule has 0 amide bonds. The number of para-hydroxylation sites is 1. The van der Waals surface area contributed by atoms with Gasteiger partial charge in [-0.2, -0.15) is 9.61 Å². The largest absolute Gasteiger partial charge is 0.508 e. The molecule has 1 unspecified atom stereocenters. The lowest BCUT2D eigenvalue weighted by molar-refractivity contribution is 0.193. The van der Waals surface area contributed by atoms with E-state index in [1.807, 2.05) is 22.7 Å². The van der Waals surface area contributed by atoms with Crippen LogP contribution < -0.4 is 0 Å². The van der Waals surface area contributed by atoms with Crippen LogP contribution in [0.5, 0.6) is 5.75 Å². The Hall–Kier alpha value is -1.99. The fourth-order valence-electron chi connectivity index (χ4n) is 2.56. The van der Waals surface area contributed by atoms with Crippen molar-refractivity contribution in [3.63, 3.8) is 0 Å². The van der Waals surface area contributed by atoms with Crippen molar-refractivity contribution in [2.24, 2.45) is 0 Å². The number of aromatic nitrogens is 4. The summed E-state index contributed by atoms with van der Waals surface area (Å²) in [6.07, 6.45) is 1.56. The Labute approximate surface area is 125 Å². The summed E-state index contributed by atoms with van der Waals surface area (Å²) in [5, 5.41) is 23.8. The molecule has 0 radical (unpaired) electrons. The van der Waals surface area contributed by atoms with E-state index in [1.54, 1.807) is 6.07 Å². The number of fused-ring (bicyclic) bond motifs is 1. The topological polar surface area (TPSA) is 72.5 Å². The Morgan fingerprint density at radius 3 is 3.05 bits per heavy atom. The number of rotatable bonds is 3. The van der Waals surface area contributed by atoms with E-state index < -0.39 is 0 Å². The lowest BCUT2D eigenvalue weighted by Gasteiger charge is -2.02. The number of ether oxygens (including phenoxy) is 1. The van der Waals surface area contributed by atoms with Crippen molar-refractivity contribution in [2.45, 2.75) is 18.8 Å². The van der Waals surface area contributed by atoms with E-state index in [4.69, 9.17) is 4.74 Å². The second-order valence-corrected chi connectivity index (χ2v) is 6.15. The lowest BCUT2D eigenvalue weighted by atomic mass is 10.1. The zero-order chi connectivity index (χ0) is 14.2. The molecule has 1 saturated heterocycles. The molecule has 1 atom stereocenters. The lowest BCUT2D eigenvalue weighted by Crippen LogP contribution is -2.05. The minimum Gasteiger partial charge on any atom is -0.508 e. The molecular weight excluding hydrogens is 288 g/mol. The third kappa shape index (κ3) is 2.28. The first-order valence-corrected chi connectivity index (χ1v) is 7.68. The third-order valence-corrected chi connectivity index (χ3v) is 4.58. The molecule has 1 aromatic carbocycles. The van der Waals surface area contributed by atoms with Gasteiger partial charge in [-0.05, 0) is 12.5 Å². The van der Waals surface area contributed by atoms with E-state index in [1.165, 1.54) is 11.3 Å². The minimum atomic E-state index is 0.278. The smallest absolute Gasteiger partial charge is 0.234 e. The van der Waals surface area contributed by atoms with E-state index in [9.17, 15) is 5.11 Å². The van der Waals surface area contributed by atoms with Crippen LogP contribution in [0.3, 0.4) is 0 Å². The number of nitrogens with zero attached hydrogens (tertiary/aromatic N) is 4. The van der Waals surface area contributed by atoms with Crippen molar-refractivity contribution in [3.8, 4) is 5.75 Å². The molecule has 6 nitrogen and oxygen atoms in total. The van der Waals surface area contributed by atoms with Crippen LogP contribution in [0.15, 0.2) is 24.3 Å². The van der Waals surface area contributed by atoms with Crippen molar-refractivity contribution in [2.75, 3.05) is 13.2 Å². The van der Waals surface area contributed by atoms with Crippen LogP contribution in [0.2, 0.25) is 0 Å². The van der Waals surface area contributed by atoms with E-state index in [0.29, 0.717) is 18.8 Å². The van der Waals surface area contributed by atoms with Gasteiger partial charge in [0.15, 0.2) is 5.82 Å². The highest BCUT2D eigenvalue weighted by Crippen LogP contribution is 2.27. The van der Waals surface area contributed by atoms with E-state index in [0.717, 1.165) is 34.4 Å². The first-order chi connectivity index (χ1) is 10.3. The van der Waals surface area contributed by atoms with Crippen LogP contribution in [0.1, 0.15) is 28.7 Å². The molecule has 0 aliphatic carbocycles. The summed E-state index contributed by atoms with van der Waals surface area (Å²) in [5.74, 6) is 1.45. The van der Waals surface area contributed by atoms with Crippen molar-refractivity contribution < 1.29 is 9.84 Å². The second-order valence-electron chi connectivity index (χ2n) is 5.11. The fraction of sp³-hybridized carbons (Fsp3) is 0.357. The van der Waals surface area contributed by atoms with Crippen molar-refractivity contribution in [1.29, 1.82) is 0 Å². The Morgan fingerprint density at radius 2 is 2.24 bits per heavy atom. The number of benzene rings is 1. The normalized spacial score (nSPS) is 18.6. The highest BCUT2D eigenvalue weighted by Gasteiger charge is 2.24. The summed E-state index contributed by atoms with van der Waals surface area (Å²) >= 11 is 1.51. The maximum absolute atomic E-state index is 9.85. The Kier molecular flexibility index (Phi) is 3.08. The quantitative estimate of drug-likeness (QED) is 0.801. The Morgan fingerprint density at radius 1 is 1.33 bits per heavy atom. The summed E-state index contributed by atoms with van der Waals surface area (Å²) in [6.45, 7) is 1.46. The predicted molar refractivity (Wildman–Crippen MR) is 77.7 cm³/mol. The number of phenols is 1. The molecule has 1 aliphatic heterocycles. The van der Waals surface area contributed by atoms with Gasteiger partial charge in [-0.15, -0.1) is 10.2 Å². The maximum atomic E-state index is 9.85. The molecule has 4 rings (SSSR count). The predicted octanol–water partition coefficient (Wildman–Crippen LogP) is 1.99. The summed E-state index contributed by atoms with van der Waals surface area (Å²) in [4.78, 5) is 0.794. The highest BCUT2D eigenvalue weighted by atomic mass is 32.1.